The number of carbonyl (C=O) groups excluding carboxylic acids is 3. The Kier molecular flexibility index (Phi) is 7.65. The minimum Gasteiger partial charge on any atom is -0.294 e. The molecule has 1 saturated heterocycles. The zero-order valence-corrected chi connectivity index (χ0v) is 19.5. The van der Waals surface area contributed by atoms with Crippen molar-refractivity contribution in [2.45, 2.75) is 70.1 Å². The predicted molar refractivity (Wildman–Crippen MR) is 125 cm³/mol. The highest BCUT2D eigenvalue weighted by Crippen LogP contribution is 2.35. The molecule has 0 saturated carbocycles. The first-order valence-corrected chi connectivity index (χ1v) is 11.8. The van der Waals surface area contributed by atoms with Gasteiger partial charge < -0.3 is 0 Å². The van der Waals surface area contributed by atoms with Crippen LogP contribution in [0, 0.1) is 12.8 Å². The van der Waals surface area contributed by atoms with E-state index >= 15 is 0 Å². The molecule has 0 bridgehead atoms. The van der Waals surface area contributed by atoms with Crippen LogP contribution < -0.4 is 4.90 Å². The topological polar surface area (TPSA) is 67.3 Å². The second-order valence-corrected chi connectivity index (χ2v) is 9.68. The number of benzene rings is 1. The Balaban J connectivity index is 1.87. The van der Waals surface area contributed by atoms with Crippen LogP contribution in [0.15, 0.2) is 41.4 Å². The number of hydrogen-bond donors (Lipinski definition) is 0. The summed E-state index contributed by atoms with van der Waals surface area (Å²) in [5.41, 5.74) is 3.11. The maximum absolute atomic E-state index is 13.1. The van der Waals surface area contributed by atoms with Crippen LogP contribution in [0.25, 0.3) is 0 Å². The lowest BCUT2D eigenvalue weighted by molar-refractivity contribution is -0.121. The van der Waals surface area contributed by atoms with Crippen LogP contribution in [0.2, 0.25) is 0 Å². The van der Waals surface area contributed by atoms with Crippen molar-refractivity contribution in [3.8, 4) is 0 Å². The smallest absolute Gasteiger partial charge is 0.247 e. The molecule has 2 aromatic rings. The fourth-order valence-electron chi connectivity index (χ4n) is 3.58. The van der Waals surface area contributed by atoms with Crippen molar-refractivity contribution in [2.24, 2.45) is 5.92 Å². The summed E-state index contributed by atoms with van der Waals surface area (Å²) in [5, 5.41) is -0.00973. The van der Waals surface area contributed by atoms with E-state index in [4.69, 9.17) is 4.98 Å². The molecule has 0 N–H and O–H groups in total. The summed E-state index contributed by atoms with van der Waals surface area (Å²) in [6.45, 7) is 8.25. The molecule has 3 rings (SSSR count). The second-order valence-electron chi connectivity index (χ2n) is 8.49. The largest absolute Gasteiger partial charge is 0.294 e. The number of unbranched alkanes of at least 4 members (excludes halogenated alkanes) is 1. The SMILES string of the molecule is CCCCC(=O)c1ccc(CC(C)C)nc1S[C@H]1CC(=O)N(c2ccc(C)cc2)C1=O. The Morgan fingerprint density at radius 1 is 1.16 bits per heavy atom. The number of pyridine rings is 1. The normalized spacial score (nSPS) is 16.4. The van der Waals surface area contributed by atoms with Gasteiger partial charge in [0.05, 0.1) is 10.9 Å². The quantitative estimate of drug-likeness (QED) is 0.388. The highest BCUT2D eigenvalue weighted by Gasteiger charge is 2.41. The lowest BCUT2D eigenvalue weighted by atomic mass is 10.0. The number of aromatic nitrogens is 1. The number of amides is 2. The van der Waals surface area contributed by atoms with Crippen molar-refractivity contribution >= 4 is 35.0 Å². The molecule has 2 amide bonds. The van der Waals surface area contributed by atoms with Gasteiger partial charge in [-0.15, -0.1) is 0 Å². The van der Waals surface area contributed by atoms with E-state index < -0.39 is 5.25 Å². The molecule has 1 atom stereocenters. The highest BCUT2D eigenvalue weighted by molar-refractivity contribution is 8.00. The fraction of sp³-hybridized carbons (Fsp3) is 0.440. The molecule has 0 radical (unpaired) electrons. The first kappa shape index (κ1) is 23.2. The zero-order valence-electron chi connectivity index (χ0n) is 18.7. The third-order valence-electron chi connectivity index (χ3n) is 5.24. The van der Waals surface area contributed by atoms with Gasteiger partial charge in [0, 0.05) is 24.1 Å². The Labute approximate surface area is 188 Å². The predicted octanol–water partition coefficient (Wildman–Crippen LogP) is 5.39. The average molecular weight is 439 g/mol. The van der Waals surface area contributed by atoms with Gasteiger partial charge in [0.25, 0.3) is 0 Å². The number of imide groups is 1. The third kappa shape index (κ3) is 5.62. The van der Waals surface area contributed by atoms with Gasteiger partial charge in [0.2, 0.25) is 11.8 Å². The number of ketones is 1. The van der Waals surface area contributed by atoms with Gasteiger partial charge in [0.15, 0.2) is 5.78 Å². The average Bonchev–Trinajstić information content (AvgIpc) is 2.99. The molecule has 5 nitrogen and oxygen atoms in total. The van der Waals surface area contributed by atoms with Gasteiger partial charge in [-0.05, 0) is 49.9 Å². The molecular weight excluding hydrogens is 408 g/mol. The molecule has 1 aliphatic heterocycles. The number of anilines is 1. The van der Waals surface area contributed by atoms with Crippen molar-refractivity contribution in [3.05, 3.63) is 53.2 Å². The Bertz CT molecular complexity index is 969. The van der Waals surface area contributed by atoms with E-state index in [-0.39, 0.29) is 24.0 Å². The van der Waals surface area contributed by atoms with Crippen LogP contribution in [-0.2, 0) is 16.0 Å². The highest BCUT2D eigenvalue weighted by atomic mass is 32.2. The van der Waals surface area contributed by atoms with E-state index in [1.54, 1.807) is 12.1 Å². The molecule has 1 aromatic carbocycles. The molecule has 31 heavy (non-hydrogen) atoms. The first-order chi connectivity index (χ1) is 14.8. The van der Waals surface area contributed by atoms with Crippen LogP contribution in [0.4, 0.5) is 5.69 Å². The molecule has 1 aliphatic rings. The number of thioether (sulfide) groups is 1. The van der Waals surface area contributed by atoms with Crippen molar-refractivity contribution in [1.29, 1.82) is 0 Å². The van der Waals surface area contributed by atoms with Gasteiger partial charge in [0.1, 0.15) is 5.03 Å². The van der Waals surface area contributed by atoms with E-state index in [1.807, 2.05) is 31.2 Å². The summed E-state index contributed by atoms with van der Waals surface area (Å²) in [7, 11) is 0. The number of Topliss-reactive ketones (excluding diaryl/α,β-unsaturated/α-hetero) is 1. The number of rotatable bonds is 9. The summed E-state index contributed by atoms with van der Waals surface area (Å²) in [4.78, 5) is 44.5. The van der Waals surface area contributed by atoms with Gasteiger partial charge in [-0.1, -0.05) is 56.7 Å². The van der Waals surface area contributed by atoms with Crippen LogP contribution in [0.5, 0.6) is 0 Å². The number of hydrogen-bond acceptors (Lipinski definition) is 5. The molecule has 1 fully saturated rings. The summed E-state index contributed by atoms with van der Waals surface area (Å²) in [6, 6.07) is 11.1. The fourth-order valence-corrected chi connectivity index (χ4v) is 4.76. The van der Waals surface area contributed by atoms with Crippen molar-refractivity contribution < 1.29 is 14.4 Å². The van der Waals surface area contributed by atoms with E-state index in [1.165, 1.54) is 16.7 Å². The van der Waals surface area contributed by atoms with E-state index in [0.29, 0.717) is 28.6 Å². The van der Waals surface area contributed by atoms with Crippen molar-refractivity contribution in [3.63, 3.8) is 0 Å². The molecule has 2 heterocycles. The number of aryl methyl sites for hydroxylation is 1. The summed E-state index contributed by atoms with van der Waals surface area (Å²) >= 11 is 1.25. The zero-order chi connectivity index (χ0) is 22.5. The van der Waals surface area contributed by atoms with E-state index in [9.17, 15) is 14.4 Å². The van der Waals surface area contributed by atoms with Gasteiger partial charge in [-0.3, -0.25) is 14.4 Å². The monoisotopic (exact) mass is 438 g/mol. The summed E-state index contributed by atoms with van der Waals surface area (Å²) in [5.74, 6) is 0.00393. The van der Waals surface area contributed by atoms with Crippen LogP contribution >= 0.6 is 11.8 Å². The van der Waals surface area contributed by atoms with Crippen molar-refractivity contribution in [2.75, 3.05) is 4.90 Å². The number of nitrogens with zero attached hydrogens (tertiary/aromatic N) is 2. The maximum Gasteiger partial charge on any atom is 0.247 e. The lowest BCUT2D eigenvalue weighted by Gasteiger charge is -2.16. The van der Waals surface area contributed by atoms with Gasteiger partial charge >= 0.3 is 0 Å². The first-order valence-electron chi connectivity index (χ1n) is 10.9. The van der Waals surface area contributed by atoms with Gasteiger partial charge in [-0.25, -0.2) is 9.88 Å². The Morgan fingerprint density at radius 3 is 2.52 bits per heavy atom. The summed E-state index contributed by atoms with van der Waals surface area (Å²) in [6.07, 6.45) is 3.12. The summed E-state index contributed by atoms with van der Waals surface area (Å²) < 4.78 is 0. The second kappa shape index (κ2) is 10.2. The Hall–Kier alpha value is -2.47. The van der Waals surface area contributed by atoms with Gasteiger partial charge in [-0.2, -0.15) is 0 Å². The third-order valence-corrected chi connectivity index (χ3v) is 6.43. The molecule has 164 valence electrons. The minimum absolute atomic E-state index is 0.0418. The molecule has 0 spiro atoms. The molecular formula is C25H30N2O3S. The molecule has 0 unspecified atom stereocenters. The number of carbonyl (C=O) groups is 3. The molecule has 0 aliphatic carbocycles. The minimum atomic E-state index is -0.576. The molecule has 6 heteroatoms. The Morgan fingerprint density at radius 2 is 1.87 bits per heavy atom. The van der Waals surface area contributed by atoms with Crippen LogP contribution in [0.3, 0.4) is 0 Å². The van der Waals surface area contributed by atoms with Crippen molar-refractivity contribution in [1.82, 2.24) is 4.98 Å². The van der Waals surface area contributed by atoms with E-state index in [0.717, 1.165) is 30.5 Å². The standard InChI is InChI=1S/C25H30N2O3S/c1-5-6-7-21(28)20-13-10-18(14-16(2)3)26-24(20)31-22-15-23(29)27(25(22)30)19-11-8-17(4)9-12-19/h8-13,16,22H,5-7,14-15H2,1-4H3/t22-/m0/s1. The maximum atomic E-state index is 13.1. The van der Waals surface area contributed by atoms with E-state index in [2.05, 4.69) is 20.8 Å². The molecule has 1 aromatic heterocycles. The van der Waals surface area contributed by atoms with Crippen LogP contribution in [-0.4, -0.2) is 27.8 Å². The lowest BCUT2D eigenvalue weighted by Crippen LogP contribution is -2.31. The van der Waals surface area contributed by atoms with Crippen LogP contribution in [0.1, 0.15) is 68.1 Å².